The van der Waals surface area contributed by atoms with Gasteiger partial charge in [-0.25, -0.2) is 0 Å². The molecule has 12 heteroatoms. The number of amides is 1. The van der Waals surface area contributed by atoms with Crippen LogP contribution in [-0.4, -0.2) is 44.2 Å². The summed E-state index contributed by atoms with van der Waals surface area (Å²) in [4.78, 5) is 49.9. The fourth-order valence-corrected chi connectivity index (χ4v) is 5.57. The van der Waals surface area contributed by atoms with E-state index in [1.54, 1.807) is 48.5 Å². The van der Waals surface area contributed by atoms with Crippen molar-refractivity contribution in [3.05, 3.63) is 118 Å². The van der Waals surface area contributed by atoms with Crippen LogP contribution in [0.1, 0.15) is 22.3 Å². The summed E-state index contributed by atoms with van der Waals surface area (Å²) in [6, 6.07) is 24.7. The number of carbonyl (C=O) groups is 3. The quantitative estimate of drug-likeness (QED) is 0.0780. The van der Waals surface area contributed by atoms with Crippen molar-refractivity contribution in [2.45, 2.75) is 18.2 Å². The van der Waals surface area contributed by atoms with Gasteiger partial charge in [0.2, 0.25) is 5.91 Å². The number of carbonyl (C=O) groups excluding carboxylic acids is 3. The summed E-state index contributed by atoms with van der Waals surface area (Å²) in [5.41, 5.74) is 3.24. The number of hydrogen-bond acceptors (Lipinski definition) is 9. The van der Waals surface area contributed by atoms with Gasteiger partial charge in [0.1, 0.15) is 10.6 Å². The molecular formula is C32H26N2O9S. The minimum atomic E-state index is -4.05. The summed E-state index contributed by atoms with van der Waals surface area (Å²) in [6.45, 7) is 1.37. The van der Waals surface area contributed by atoms with E-state index in [4.69, 9.17) is 8.92 Å². The highest BCUT2D eigenvalue weighted by Crippen LogP contribution is 2.29. The summed E-state index contributed by atoms with van der Waals surface area (Å²) in [6.07, 6.45) is -0.0708. The minimum absolute atomic E-state index is 0.00149. The number of rotatable bonds is 10. The van der Waals surface area contributed by atoms with Crippen LogP contribution in [0.5, 0.6) is 5.75 Å². The van der Waals surface area contributed by atoms with E-state index in [-0.39, 0.29) is 40.8 Å². The molecule has 1 heterocycles. The number of hydrogen-bond donors (Lipinski definition) is 0. The maximum atomic E-state index is 12.7. The number of ketones is 1. The first kappa shape index (κ1) is 30.1. The van der Waals surface area contributed by atoms with E-state index in [0.717, 1.165) is 16.7 Å². The van der Waals surface area contributed by atoms with Gasteiger partial charge in [-0.2, -0.15) is 8.42 Å². The van der Waals surface area contributed by atoms with Crippen LogP contribution < -0.4 is 9.08 Å². The van der Waals surface area contributed by atoms with E-state index in [1.165, 1.54) is 53.4 Å². The molecule has 5 rings (SSSR count). The lowest BCUT2D eigenvalue weighted by Gasteiger charge is -2.17. The number of nitro benzene ring substituents is 1. The van der Waals surface area contributed by atoms with E-state index in [1.807, 2.05) is 6.92 Å². The molecule has 1 fully saturated rings. The Bertz CT molecular complexity index is 1820. The molecule has 4 aromatic rings. The van der Waals surface area contributed by atoms with Gasteiger partial charge in [-0.05, 0) is 78.7 Å². The maximum Gasteiger partial charge on any atom is 0.339 e. The molecule has 0 aliphatic carbocycles. The van der Waals surface area contributed by atoms with Crippen molar-refractivity contribution in [2.75, 3.05) is 18.1 Å². The third kappa shape index (κ3) is 6.81. The van der Waals surface area contributed by atoms with Crippen LogP contribution in [0.15, 0.2) is 102 Å². The first-order valence-electron chi connectivity index (χ1n) is 13.5. The summed E-state index contributed by atoms with van der Waals surface area (Å²) in [5, 5.41) is 10.9. The molecule has 0 spiro atoms. The van der Waals surface area contributed by atoms with E-state index < -0.39 is 39.3 Å². The lowest BCUT2D eigenvalue weighted by molar-refractivity contribution is -0.384. The van der Waals surface area contributed by atoms with Crippen molar-refractivity contribution in [3.8, 4) is 16.9 Å². The number of esters is 1. The third-order valence-corrected chi connectivity index (χ3v) is 8.35. The van der Waals surface area contributed by atoms with Crippen LogP contribution in [0, 0.1) is 23.0 Å². The molecule has 0 aromatic heterocycles. The molecule has 1 atom stereocenters. The van der Waals surface area contributed by atoms with Crippen molar-refractivity contribution in [3.63, 3.8) is 0 Å². The van der Waals surface area contributed by atoms with Gasteiger partial charge in [0.05, 0.1) is 10.8 Å². The molecule has 0 unspecified atom stereocenters. The topological polar surface area (TPSA) is 150 Å². The van der Waals surface area contributed by atoms with Gasteiger partial charge in [0.15, 0.2) is 12.4 Å². The summed E-state index contributed by atoms with van der Waals surface area (Å²) < 4.78 is 35.3. The average Bonchev–Trinajstić information content (AvgIpc) is 3.41. The number of benzene rings is 4. The van der Waals surface area contributed by atoms with Crippen molar-refractivity contribution >= 4 is 39.2 Å². The van der Waals surface area contributed by atoms with E-state index in [0.29, 0.717) is 5.69 Å². The fraction of sp³-hybridized carbons (Fsp3) is 0.156. The van der Waals surface area contributed by atoms with Gasteiger partial charge in [-0.3, -0.25) is 24.5 Å². The lowest BCUT2D eigenvalue weighted by atomic mass is 10.0. The molecular weight excluding hydrogens is 588 g/mol. The average molecular weight is 615 g/mol. The third-order valence-electron chi connectivity index (χ3n) is 7.09. The highest BCUT2D eigenvalue weighted by Gasteiger charge is 2.36. The van der Waals surface area contributed by atoms with E-state index >= 15 is 0 Å². The molecule has 1 aliphatic heterocycles. The summed E-state index contributed by atoms with van der Waals surface area (Å²) in [7, 11) is -4.05. The molecule has 11 nitrogen and oxygen atoms in total. The Kier molecular flexibility index (Phi) is 8.54. The van der Waals surface area contributed by atoms with Crippen molar-refractivity contribution in [1.82, 2.24) is 0 Å². The predicted molar refractivity (Wildman–Crippen MR) is 160 cm³/mol. The van der Waals surface area contributed by atoms with Crippen LogP contribution in [0.2, 0.25) is 0 Å². The Hall–Kier alpha value is -5.36. The second-order valence-corrected chi connectivity index (χ2v) is 11.7. The number of ether oxygens (including phenoxy) is 1. The Morgan fingerprint density at radius 3 is 2.07 bits per heavy atom. The van der Waals surface area contributed by atoms with E-state index in [2.05, 4.69) is 0 Å². The molecule has 0 bridgehead atoms. The predicted octanol–water partition coefficient (Wildman–Crippen LogP) is 5.12. The Morgan fingerprint density at radius 1 is 0.886 bits per heavy atom. The van der Waals surface area contributed by atoms with Crippen LogP contribution >= 0.6 is 0 Å². The number of nitro groups is 1. The molecule has 0 saturated carbocycles. The second kappa shape index (κ2) is 12.5. The first-order chi connectivity index (χ1) is 21.0. The second-order valence-electron chi connectivity index (χ2n) is 10.2. The molecule has 0 N–H and O–H groups in total. The highest BCUT2D eigenvalue weighted by molar-refractivity contribution is 7.87. The largest absolute Gasteiger partial charge is 0.457 e. The van der Waals surface area contributed by atoms with Crippen molar-refractivity contribution < 1.29 is 36.6 Å². The number of non-ortho nitro benzene ring substituents is 1. The van der Waals surface area contributed by atoms with Crippen molar-refractivity contribution in [2.24, 2.45) is 5.92 Å². The van der Waals surface area contributed by atoms with Gasteiger partial charge in [-0.1, -0.05) is 29.8 Å². The monoisotopic (exact) mass is 614 g/mol. The smallest absolute Gasteiger partial charge is 0.339 e. The summed E-state index contributed by atoms with van der Waals surface area (Å²) in [5.74, 6) is -2.19. The zero-order valence-corrected chi connectivity index (χ0v) is 24.2. The standard InChI is InChI=1S/C32H26N2O9S/c1-21-2-16-29(17-3-21)44(40,41)43-28-14-8-24(9-15-28)30(35)20-42-32(37)25-18-31(36)33(19-25)26-10-4-22(5-11-26)23-6-12-27(13-7-23)34(38)39/h2-17,25H,18-20H2,1H3/t25-/m1/s1. The first-order valence-corrected chi connectivity index (χ1v) is 14.9. The molecule has 0 radical (unpaired) electrons. The zero-order chi connectivity index (χ0) is 31.4. The molecule has 1 amide bonds. The Morgan fingerprint density at radius 2 is 1.48 bits per heavy atom. The Balaban J connectivity index is 1.14. The molecule has 224 valence electrons. The van der Waals surface area contributed by atoms with Crippen LogP contribution in [0.4, 0.5) is 11.4 Å². The number of anilines is 1. The lowest BCUT2D eigenvalue weighted by Crippen LogP contribution is -2.27. The van der Waals surface area contributed by atoms with Crippen LogP contribution in [0.3, 0.4) is 0 Å². The van der Waals surface area contributed by atoms with Crippen LogP contribution in [-0.2, 0) is 24.4 Å². The highest BCUT2D eigenvalue weighted by atomic mass is 32.2. The van der Waals surface area contributed by atoms with E-state index in [9.17, 15) is 32.9 Å². The maximum absolute atomic E-state index is 12.7. The van der Waals surface area contributed by atoms with Gasteiger partial charge in [0, 0.05) is 36.3 Å². The van der Waals surface area contributed by atoms with Gasteiger partial charge in [0.25, 0.3) is 5.69 Å². The SMILES string of the molecule is Cc1ccc(S(=O)(=O)Oc2ccc(C(=O)COC(=O)[C@@H]3CC(=O)N(c4ccc(-c5ccc([N+](=O)[O-])cc5)cc4)C3)cc2)cc1. The normalized spacial score (nSPS) is 14.7. The minimum Gasteiger partial charge on any atom is -0.457 e. The zero-order valence-electron chi connectivity index (χ0n) is 23.4. The fourth-order valence-electron chi connectivity index (χ4n) is 4.64. The van der Waals surface area contributed by atoms with Gasteiger partial charge < -0.3 is 13.8 Å². The number of Topliss-reactive ketones (excluding diaryl/α,β-unsaturated/α-hetero) is 1. The number of nitrogens with zero attached hydrogens (tertiary/aromatic N) is 2. The molecule has 1 aliphatic rings. The summed E-state index contributed by atoms with van der Waals surface area (Å²) >= 11 is 0. The van der Waals surface area contributed by atoms with Gasteiger partial charge in [-0.15, -0.1) is 0 Å². The Labute approximate surface area is 252 Å². The van der Waals surface area contributed by atoms with Crippen molar-refractivity contribution in [1.29, 1.82) is 0 Å². The molecule has 4 aromatic carbocycles. The van der Waals surface area contributed by atoms with Gasteiger partial charge >= 0.3 is 16.1 Å². The molecule has 1 saturated heterocycles. The number of aryl methyl sites for hydroxylation is 1. The molecule has 44 heavy (non-hydrogen) atoms. The van der Waals surface area contributed by atoms with Crippen LogP contribution in [0.25, 0.3) is 11.1 Å².